The van der Waals surface area contributed by atoms with E-state index in [2.05, 4.69) is 11.4 Å². The number of hydrogen-bond acceptors (Lipinski definition) is 3. The van der Waals surface area contributed by atoms with Crippen molar-refractivity contribution in [3.05, 3.63) is 29.8 Å². The van der Waals surface area contributed by atoms with Crippen LogP contribution in [0, 0.1) is 17.2 Å². The number of hydrogen-bond donors (Lipinski definition) is 1. The van der Waals surface area contributed by atoms with Gasteiger partial charge in [-0.15, -0.1) is 0 Å². The molecule has 0 bridgehead atoms. The van der Waals surface area contributed by atoms with Crippen molar-refractivity contribution >= 4 is 5.91 Å². The molecule has 0 aromatic heterocycles. The van der Waals surface area contributed by atoms with Gasteiger partial charge < -0.3 is 10.1 Å². The van der Waals surface area contributed by atoms with E-state index in [4.69, 9.17) is 10.00 Å². The molecule has 0 radical (unpaired) electrons. The number of benzene rings is 1. The lowest BCUT2D eigenvalue weighted by molar-refractivity contribution is -0.121. The van der Waals surface area contributed by atoms with E-state index in [1.54, 1.807) is 7.11 Å². The van der Waals surface area contributed by atoms with E-state index in [9.17, 15) is 4.79 Å². The van der Waals surface area contributed by atoms with Gasteiger partial charge in [0.25, 0.3) is 0 Å². The molecule has 0 heterocycles. The number of ether oxygens (including phenoxy) is 1. The molecule has 0 aliphatic carbocycles. The number of amides is 1. The molecular formula is C14H18N2O2. The highest BCUT2D eigenvalue weighted by Crippen LogP contribution is 2.17. The molecule has 1 aromatic rings. The van der Waals surface area contributed by atoms with Gasteiger partial charge in [0.15, 0.2) is 0 Å². The molecule has 0 saturated carbocycles. The van der Waals surface area contributed by atoms with Crippen LogP contribution < -0.4 is 10.1 Å². The largest absolute Gasteiger partial charge is 0.496 e. The van der Waals surface area contributed by atoms with Crippen LogP contribution >= 0.6 is 0 Å². The fourth-order valence-corrected chi connectivity index (χ4v) is 1.59. The average molecular weight is 246 g/mol. The van der Waals surface area contributed by atoms with Crippen molar-refractivity contribution in [2.45, 2.75) is 26.3 Å². The third-order valence-corrected chi connectivity index (χ3v) is 2.67. The Morgan fingerprint density at radius 1 is 1.44 bits per heavy atom. The Hall–Kier alpha value is -2.02. The zero-order valence-electron chi connectivity index (χ0n) is 10.9. The van der Waals surface area contributed by atoms with Gasteiger partial charge in [0.2, 0.25) is 5.91 Å². The summed E-state index contributed by atoms with van der Waals surface area (Å²) in [6.07, 6.45) is 0.217. The normalized spacial score (nSPS) is 11.7. The molecule has 1 amide bonds. The topological polar surface area (TPSA) is 62.1 Å². The molecule has 1 atom stereocenters. The summed E-state index contributed by atoms with van der Waals surface area (Å²) in [7, 11) is 1.57. The minimum absolute atomic E-state index is 0.0941. The molecule has 0 aliphatic heterocycles. The summed E-state index contributed by atoms with van der Waals surface area (Å²) in [5.74, 6) is 0.613. The van der Waals surface area contributed by atoms with Gasteiger partial charge in [0.1, 0.15) is 11.8 Å². The Balaban J connectivity index is 2.68. The van der Waals surface area contributed by atoms with Crippen LogP contribution in [-0.2, 0) is 11.2 Å². The summed E-state index contributed by atoms with van der Waals surface area (Å²) in [5, 5.41) is 11.6. The van der Waals surface area contributed by atoms with Gasteiger partial charge in [0.05, 0.1) is 19.6 Å². The van der Waals surface area contributed by atoms with Gasteiger partial charge in [-0.2, -0.15) is 5.26 Å². The van der Waals surface area contributed by atoms with Gasteiger partial charge in [-0.3, -0.25) is 4.79 Å². The minimum Gasteiger partial charge on any atom is -0.496 e. The minimum atomic E-state index is -0.452. The highest BCUT2D eigenvalue weighted by Gasteiger charge is 2.16. The highest BCUT2D eigenvalue weighted by molar-refractivity contribution is 5.79. The zero-order chi connectivity index (χ0) is 13.5. The van der Waals surface area contributed by atoms with Crippen molar-refractivity contribution in [1.82, 2.24) is 5.32 Å². The van der Waals surface area contributed by atoms with Gasteiger partial charge in [-0.05, 0) is 12.0 Å². The second-order valence-corrected chi connectivity index (χ2v) is 4.41. The molecule has 0 fully saturated rings. The first-order valence-electron chi connectivity index (χ1n) is 5.89. The predicted octanol–water partition coefficient (Wildman–Crippen LogP) is 1.90. The van der Waals surface area contributed by atoms with E-state index in [1.165, 1.54) is 0 Å². The second kappa shape index (κ2) is 6.65. The number of para-hydroxylation sites is 1. The van der Waals surface area contributed by atoms with Crippen LogP contribution in [0.25, 0.3) is 0 Å². The molecule has 0 aliphatic rings. The van der Waals surface area contributed by atoms with Crippen LogP contribution in [0.3, 0.4) is 0 Å². The molecule has 1 N–H and O–H groups in total. The van der Waals surface area contributed by atoms with Crippen molar-refractivity contribution < 1.29 is 9.53 Å². The fourth-order valence-electron chi connectivity index (χ4n) is 1.59. The van der Waals surface area contributed by atoms with Crippen molar-refractivity contribution in [2.24, 2.45) is 5.92 Å². The van der Waals surface area contributed by atoms with Crippen LogP contribution in [-0.4, -0.2) is 19.1 Å². The van der Waals surface area contributed by atoms with Crippen LogP contribution in [0.2, 0.25) is 0 Å². The third kappa shape index (κ3) is 3.77. The number of methoxy groups -OCH3 is 1. The van der Waals surface area contributed by atoms with Crippen LogP contribution in [0.4, 0.5) is 0 Å². The van der Waals surface area contributed by atoms with Crippen molar-refractivity contribution in [3.63, 3.8) is 0 Å². The Bertz CT molecular complexity index is 449. The Labute approximate surface area is 108 Å². The monoisotopic (exact) mass is 246 g/mol. The summed E-state index contributed by atoms with van der Waals surface area (Å²) in [6, 6.07) is 9.00. The maximum atomic E-state index is 11.8. The number of carbonyl (C=O) groups excluding carboxylic acids is 1. The predicted molar refractivity (Wildman–Crippen MR) is 69.1 cm³/mol. The first-order valence-corrected chi connectivity index (χ1v) is 5.89. The first-order chi connectivity index (χ1) is 8.58. The SMILES string of the molecule is COc1ccccc1CC(=O)NC(C#N)C(C)C. The number of nitrogens with one attached hydrogen (secondary N) is 1. The summed E-state index contributed by atoms with van der Waals surface area (Å²) in [6.45, 7) is 3.80. The molecule has 1 rings (SSSR count). The number of nitrogens with zero attached hydrogens (tertiary/aromatic N) is 1. The quantitative estimate of drug-likeness (QED) is 0.863. The van der Waals surface area contributed by atoms with Gasteiger partial charge in [-0.1, -0.05) is 32.0 Å². The van der Waals surface area contributed by atoms with E-state index in [1.807, 2.05) is 38.1 Å². The lowest BCUT2D eigenvalue weighted by Gasteiger charge is -2.15. The standard InChI is InChI=1S/C14H18N2O2/c1-10(2)12(9-15)16-14(17)8-11-6-4-5-7-13(11)18-3/h4-7,10,12H,8H2,1-3H3,(H,16,17). The molecule has 1 aromatic carbocycles. The van der Waals surface area contributed by atoms with Gasteiger partial charge in [-0.25, -0.2) is 0 Å². The van der Waals surface area contributed by atoms with Crippen molar-refractivity contribution in [2.75, 3.05) is 7.11 Å². The summed E-state index contributed by atoms with van der Waals surface area (Å²) < 4.78 is 5.18. The number of carbonyl (C=O) groups is 1. The molecule has 4 heteroatoms. The average Bonchev–Trinajstić information content (AvgIpc) is 2.36. The van der Waals surface area contributed by atoms with E-state index in [0.717, 1.165) is 5.56 Å². The van der Waals surface area contributed by atoms with E-state index in [0.29, 0.717) is 5.75 Å². The maximum Gasteiger partial charge on any atom is 0.225 e. The second-order valence-electron chi connectivity index (χ2n) is 4.41. The number of rotatable bonds is 5. The molecule has 1 unspecified atom stereocenters. The fraction of sp³-hybridized carbons (Fsp3) is 0.429. The first kappa shape index (κ1) is 14.0. The molecule has 4 nitrogen and oxygen atoms in total. The van der Waals surface area contributed by atoms with E-state index in [-0.39, 0.29) is 18.2 Å². The van der Waals surface area contributed by atoms with Crippen LogP contribution in [0.5, 0.6) is 5.75 Å². The molecule has 0 saturated heterocycles. The molecular weight excluding hydrogens is 228 g/mol. The third-order valence-electron chi connectivity index (χ3n) is 2.67. The Morgan fingerprint density at radius 2 is 2.11 bits per heavy atom. The summed E-state index contributed by atoms with van der Waals surface area (Å²) >= 11 is 0. The zero-order valence-corrected chi connectivity index (χ0v) is 10.9. The van der Waals surface area contributed by atoms with Crippen LogP contribution in [0.15, 0.2) is 24.3 Å². The molecule has 96 valence electrons. The molecule has 0 spiro atoms. The van der Waals surface area contributed by atoms with Crippen molar-refractivity contribution in [3.8, 4) is 11.8 Å². The Morgan fingerprint density at radius 3 is 2.67 bits per heavy atom. The van der Waals surface area contributed by atoms with Gasteiger partial charge >= 0.3 is 0 Å². The number of nitriles is 1. The lowest BCUT2D eigenvalue weighted by Crippen LogP contribution is -2.38. The lowest BCUT2D eigenvalue weighted by atomic mass is 10.1. The Kier molecular flexibility index (Phi) is 5.19. The smallest absolute Gasteiger partial charge is 0.225 e. The summed E-state index contributed by atoms with van der Waals surface area (Å²) in [5.41, 5.74) is 0.818. The highest BCUT2D eigenvalue weighted by atomic mass is 16.5. The van der Waals surface area contributed by atoms with E-state index < -0.39 is 6.04 Å². The maximum absolute atomic E-state index is 11.8. The molecule has 18 heavy (non-hydrogen) atoms. The van der Waals surface area contributed by atoms with Crippen LogP contribution in [0.1, 0.15) is 19.4 Å². The van der Waals surface area contributed by atoms with Gasteiger partial charge in [0, 0.05) is 5.56 Å². The summed E-state index contributed by atoms with van der Waals surface area (Å²) in [4.78, 5) is 11.8. The van der Waals surface area contributed by atoms with Crippen molar-refractivity contribution in [1.29, 1.82) is 5.26 Å². The van der Waals surface area contributed by atoms with E-state index >= 15 is 0 Å².